The first-order valence-corrected chi connectivity index (χ1v) is 10.7. The minimum atomic E-state index is -3.87. The first kappa shape index (κ1) is 21.3. The average molecular weight is 395 g/mol. The monoisotopic (exact) mass is 394 g/mol. The smallest absolute Gasteiger partial charge is 0.306 e. The van der Waals surface area contributed by atoms with Gasteiger partial charge in [0.25, 0.3) is 10.1 Å². The molecule has 23 heavy (non-hydrogen) atoms. The van der Waals surface area contributed by atoms with E-state index in [1.807, 2.05) is 0 Å². The highest BCUT2D eigenvalue weighted by atomic mass is 35.5. The standard InChI is InChI=1S/C11H24ClN2O7PS/c1-9(2)23(17,18)21-10(3)14-11(20-15)5-8-19-22(14,16)13(4)7-6-12/h9-11,15H,5-8H2,1-4H3. The second-order valence-corrected chi connectivity index (χ2v) is 10.2. The largest absolute Gasteiger partial charge is 0.350 e. The molecule has 1 aliphatic heterocycles. The molecule has 3 atom stereocenters. The van der Waals surface area contributed by atoms with Gasteiger partial charge in [-0.2, -0.15) is 13.1 Å². The Morgan fingerprint density at radius 3 is 2.57 bits per heavy atom. The van der Waals surface area contributed by atoms with Crippen molar-refractivity contribution in [2.24, 2.45) is 0 Å². The van der Waals surface area contributed by atoms with Gasteiger partial charge in [0.15, 0.2) is 6.23 Å². The third-order valence-corrected chi connectivity index (χ3v) is 8.01. The maximum absolute atomic E-state index is 13.2. The first-order valence-electron chi connectivity index (χ1n) is 7.13. The highest BCUT2D eigenvalue weighted by molar-refractivity contribution is 7.87. The summed E-state index contributed by atoms with van der Waals surface area (Å²) in [6.07, 6.45) is -1.99. The molecule has 1 rings (SSSR count). The Morgan fingerprint density at radius 2 is 2.09 bits per heavy atom. The van der Waals surface area contributed by atoms with Gasteiger partial charge in [0.1, 0.15) is 6.23 Å². The van der Waals surface area contributed by atoms with Gasteiger partial charge in [-0.25, -0.2) is 9.56 Å². The molecule has 0 radical (unpaired) electrons. The van der Waals surface area contributed by atoms with Crippen LogP contribution in [0.25, 0.3) is 0 Å². The van der Waals surface area contributed by atoms with E-state index >= 15 is 0 Å². The van der Waals surface area contributed by atoms with Crippen LogP contribution in [0.3, 0.4) is 0 Å². The molecule has 138 valence electrons. The van der Waals surface area contributed by atoms with Crippen LogP contribution in [0.5, 0.6) is 0 Å². The molecule has 0 saturated carbocycles. The van der Waals surface area contributed by atoms with Gasteiger partial charge >= 0.3 is 7.67 Å². The molecule has 0 amide bonds. The molecule has 0 aliphatic carbocycles. The van der Waals surface area contributed by atoms with E-state index in [1.165, 1.54) is 32.5 Å². The Morgan fingerprint density at radius 1 is 1.48 bits per heavy atom. The van der Waals surface area contributed by atoms with Crippen molar-refractivity contribution in [2.75, 3.05) is 26.1 Å². The number of alkyl halides is 1. The molecule has 1 N–H and O–H groups in total. The highest BCUT2D eigenvalue weighted by Gasteiger charge is 2.49. The van der Waals surface area contributed by atoms with Gasteiger partial charge in [-0.3, -0.25) is 14.0 Å². The molecule has 0 aromatic heterocycles. The van der Waals surface area contributed by atoms with Crippen molar-refractivity contribution in [1.29, 1.82) is 0 Å². The van der Waals surface area contributed by atoms with E-state index in [0.29, 0.717) is 0 Å². The van der Waals surface area contributed by atoms with Gasteiger partial charge in [-0.15, -0.1) is 11.6 Å². The van der Waals surface area contributed by atoms with Gasteiger partial charge in [0, 0.05) is 18.8 Å². The van der Waals surface area contributed by atoms with E-state index in [1.54, 1.807) is 0 Å². The molecule has 0 spiro atoms. The van der Waals surface area contributed by atoms with Crippen LogP contribution >= 0.6 is 19.3 Å². The lowest BCUT2D eigenvalue weighted by Crippen LogP contribution is -2.49. The summed E-state index contributed by atoms with van der Waals surface area (Å²) in [6.45, 7) is 4.65. The van der Waals surface area contributed by atoms with Gasteiger partial charge in [0.05, 0.1) is 11.9 Å². The summed E-state index contributed by atoms with van der Waals surface area (Å²) >= 11 is 5.68. The number of nitrogens with zero attached hydrogens (tertiary/aromatic N) is 2. The van der Waals surface area contributed by atoms with Crippen molar-refractivity contribution in [3.63, 3.8) is 0 Å². The fraction of sp³-hybridized carbons (Fsp3) is 1.00. The molecule has 1 saturated heterocycles. The van der Waals surface area contributed by atoms with E-state index < -0.39 is 35.5 Å². The zero-order valence-electron chi connectivity index (χ0n) is 13.6. The lowest BCUT2D eigenvalue weighted by Gasteiger charge is -2.44. The van der Waals surface area contributed by atoms with E-state index in [4.69, 9.17) is 25.6 Å². The predicted octanol–water partition coefficient (Wildman–Crippen LogP) is 1.90. The third kappa shape index (κ3) is 4.87. The van der Waals surface area contributed by atoms with Crippen LogP contribution < -0.4 is 0 Å². The van der Waals surface area contributed by atoms with Crippen molar-refractivity contribution in [3.8, 4) is 0 Å². The van der Waals surface area contributed by atoms with Crippen molar-refractivity contribution in [1.82, 2.24) is 9.34 Å². The Hall–Kier alpha value is 0.230. The van der Waals surface area contributed by atoms with Crippen LogP contribution in [-0.4, -0.2) is 66.8 Å². The highest BCUT2D eigenvalue weighted by Crippen LogP contribution is 2.58. The SMILES string of the molecule is CC(OS(=O)(=O)C(C)C)N1C(OO)CCOP1(=O)N(C)CCCl. The minimum absolute atomic E-state index is 0.0787. The number of rotatable bonds is 8. The Bertz CT molecular complexity index is 532. The van der Waals surface area contributed by atoms with Gasteiger partial charge in [-0.1, -0.05) is 0 Å². The zero-order chi connectivity index (χ0) is 17.8. The van der Waals surface area contributed by atoms with Crippen LogP contribution in [-0.2, 0) is 28.3 Å². The molecule has 1 aliphatic rings. The normalized spacial score (nSPS) is 28.4. The first-order chi connectivity index (χ1) is 10.6. The lowest BCUT2D eigenvalue weighted by molar-refractivity contribution is -0.317. The summed E-state index contributed by atoms with van der Waals surface area (Å²) in [4.78, 5) is 4.36. The quantitative estimate of drug-likeness (QED) is 0.217. The molecule has 0 bridgehead atoms. The van der Waals surface area contributed by atoms with Crippen molar-refractivity contribution >= 4 is 29.4 Å². The second-order valence-electron chi connectivity index (χ2n) is 5.36. The average Bonchev–Trinajstić information content (AvgIpc) is 2.46. The maximum atomic E-state index is 13.2. The van der Waals surface area contributed by atoms with Crippen LogP contribution in [0.2, 0.25) is 0 Å². The van der Waals surface area contributed by atoms with E-state index in [2.05, 4.69) is 4.89 Å². The predicted molar refractivity (Wildman–Crippen MR) is 85.5 cm³/mol. The van der Waals surface area contributed by atoms with Crippen LogP contribution in [0, 0.1) is 0 Å². The summed E-state index contributed by atoms with van der Waals surface area (Å²) < 4.78 is 50.1. The van der Waals surface area contributed by atoms with E-state index in [0.717, 1.165) is 4.67 Å². The molecule has 12 heteroatoms. The third-order valence-electron chi connectivity index (χ3n) is 3.40. The van der Waals surface area contributed by atoms with Gasteiger partial charge in [-0.05, 0) is 27.8 Å². The van der Waals surface area contributed by atoms with Crippen LogP contribution in [0.1, 0.15) is 27.2 Å². The summed E-state index contributed by atoms with van der Waals surface area (Å²) in [7, 11) is -6.01. The summed E-state index contributed by atoms with van der Waals surface area (Å²) in [5.41, 5.74) is 0. The molecule has 3 unspecified atom stereocenters. The molecular weight excluding hydrogens is 371 g/mol. The lowest BCUT2D eigenvalue weighted by atomic mass is 10.4. The van der Waals surface area contributed by atoms with Gasteiger partial charge < -0.3 is 4.52 Å². The zero-order valence-corrected chi connectivity index (χ0v) is 16.1. The molecule has 0 aromatic rings. The Kier molecular flexibility index (Phi) is 7.91. The number of halogens is 1. The van der Waals surface area contributed by atoms with Gasteiger partial charge in [0.2, 0.25) is 0 Å². The Labute approximate surface area is 142 Å². The maximum Gasteiger partial charge on any atom is 0.350 e. The summed E-state index contributed by atoms with van der Waals surface area (Å²) in [6, 6.07) is 0. The fourth-order valence-electron chi connectivity index (χ4n) is 2.05. The van der Waals surface area contributed by atoms with Crippen molar-refractivity contribution < 1.29 is 31.8 Å². The van der Waals surface area contributed by atoms with E-state index in [-0.39, 0.29) is 25.5 Å². The number of hydrogen-bond acceptors (Lipinski definition) is 7. The minimum Gasteiger partial charge on any atom is -0.306 e. The molecule has 1 heterocycles. The summed E-state index contributed by atoms with van der Waals surface area (Å²) in [5.74, 6) is 0.196. The number of hydrogen-bond donors (Lipinski definition) is 1. The second kappa shape index (κ2) is 8.55. The van der Waals surface area contributed by atoms with Crippen LogP contribution in [0.15, 0.2) is 0 Å². The molecular formula is C11H24ClN2O7PS. The molecule has 9 nitrogen and oxygen atoms in total. The molecule has 0 aromatic carbocycles. The molecule has 1 fully saturated rings. The van der Waals surface area contributed by atoms with Crippen molar-refractivity contribution in [3.05, 3.63) is 0 Å². The van der Waals surface area contributed by atoms with E-state index in [9.17, 15) is 13.0 Å². The fourth-order valence-corrected chi connectivity index (χ4v) is 5.51. The van der Waals surface area contributed by atoms with Crippen molar-refractivity contribution in [2.45, 2.75) is 44.9 Å². The Balaban J connectivity index is 3.13. The van der Waals surface area contributed by atoms with Crippen LogP contribution in [0.4, 0.5) is 0 Å². The summed E-state index contributed by atoms with van der Waals surface area (Å²) in [5, 5.41) is 8.32. The topological polar surface area (TPSA) is 106 Å².